The smallest absolute Gasteiger partial charge is 0.115 e. The molecule has 0 radical (unpaired) electrons. The molecule has 0 saturated heterocycles. The molecule has 2 aromatic rings. The minimum atomic E-state index is 0.744. The summed E-state index contributed by atoms with van der Waals surface area (Å²) in [6, 6.07) is 6.54. The number of nitrogens with one attached hydrogen (secondary N) is 1. The Balaban J connectivity index is 2.31. The number of thiophene rings is 1. The molecule has 3 nitrogen and oxygen atoms in total. The second-order valence-electron chi connectivity index (χ2n) is 5.02. The highest BCUT2D eigenvalue weighted by molar-refractivity contribution is 7.98. The Morgan fingerprint density at radius 3 is 3.00 bits per heavy atom. The van der Waals surface area contributed by atoms with Gasteiger partial charge in [-0.15, -0.1) is 23.1 Å². The SMILES string of the molecule is CSc1nc2c(c(-c3cccs3)c1C#N)C[NH+](C)CC2. The first-order chi connectivity index (χ1) is 9.74. The van der Waals surface area contributed by atoms with Gasteiger partial charge in [-0.2, -0.15) is 5.26 Å². The van der Waals surface area contributed by atoms with E-state index in [2.05, 4.69) is 24.6 Å². The van der Waals surface area contributed by atoms with Crippen molar-refractivity contribution in [3.8, 4) is 16.5 Å². The zero-order valence-electron chi connectivity index (χ0n) is 11.6. The van der Waals surface area contributed by atoms with Crippen molar-refractivity contribution in [3.63, 3.8) is 0 Å². The molecule has 5 heteroatoms. The lowest BCUT2D eigenvalue weighted by atomic mass is 9.96. The second-order valence-corrected chi connectivity index (χ2v) is 6.76. The average molecular weight is 302 g/mol. The zero-order chi connectivity index (χ0) is 14.1. The van der Waals surface area contributed by atoms with Crippen LogP contribution in [-0.2, 0) is 13.0 Å². The Bertz CT molecular complexity index is 671. The Morgan fingerprint density at radius 2 is 2.35 bits per heavy atom. The van der Waals surface area contributed by atoms with E-state index in [0.717, 1.165) is 35.7 Å². The van der Waals surface area contributed by atoms with Crippen LogP contribution in [0.5, 0.6) is 0 Å². The van der Waals surface area contributed by atoms with Crippen molar-refractivity contribution in [3.05, 3.63) is 34.3 Å². The molecule has 1 aliphatic heterocycles. The molecule has 1 N–H and O–H groups in total. The number of hydrogen-bond acceptors (Lipinski definition) is 4. The molecule has 0 amide bonds. The molecule has 1 aliphatic rings. The van der Waals surface area contributed by atoms with E-state index in [-0.39, 0.29) is 0 Å². The molecule has 2 aromatic heterocycles. The molecule has 1 atom stereocenters. The van der Waals surface area contributed by atoms with E-state index in [9.17, 15) is 5.26 Å². The van der Waals surface area contributed by atoms with Crippen LogP contribution in [0, 0.1) is 11.3 Å². The fourth-order valence-corrected chi connectivity index (χ4v) is 4.07. The standard InChI is InChI=1S/C15H15N3S2/c1-18-6-5-12-11(9-18)14(13-4-3-7-20-13)10(8-16)15(17-12)19-2/h3-4,7H,5-6,9H2,1-2H3/p+1. The number of rotatable bonds is 2. The molecule has 20 heavy (non-hydrogen) atoms. The van der Waals surface area contributed by atoms with Crippen molar-refractivity contribution >= 4 is 23.1 Å². The summed E-state index contributed by atoms with van der Waals surface area (Å²) in [6.07, 6.45) is 2.99. The number of likely N-dealkylation sites (N-methyl/N-ethyl adjacent to an activating group) is 1. The van der Waals surface area contributed by atoms with Gasteiger partial charge in [0.1, 0.15) is 17.6 Å². The van der Waals surface area contributed by atoms with Crippen molar-refractivity contribution < 1.29 is 4.90 Å². The highest BCUT2D eigenvalue weighted by atomic mass is 32.2. The maximum absolute atomic E-state index is 9.59. The average Bonchev–Trinajstić information content (AvgIpc) is 2.98. The summed E-state index contributed by atoms with van der Waals surface area (Å²) < 4.78 is 0. The van der Waals surface area contributed by atoms with Crippen LogP contribution in [0.2, 0.25) is 0 Å². The normalized spacial score (nSPS) is 17.6. The second kappa shape index (κ2) is 5.57. The van der Waals surface area contributed by atoms with Gasteiger partial charge in [0.25, 0.3) is 0 Å². The van der Waals surface area contributed by atoms with Gasteiger partial charge >= 0.3 is 0 Å². The van der Waals surface area contributed by atoms with E-state index in [4.69, 9.17) is 4.98 Å². The predicted molar refractivity (Wildman–Crippen MR) is 83.2 cm³/mol. The molecule has 1 unspecified atom stereocenters. The molecule has 0 saturated carbocycles. The van der Waals surface area contributed by atoms with Crippen LogP contribution in [0.4, 0.5) is 0 Å². The Labute approximate surface area is 127 Å². The van der Waals surface area contributed by atoms with Gasteiger partial charge < -0.3 is 4.90 Å². The van der Waals surface area contributed by atoms with Crippen LogP contribution in [0.25, 0.3) is 10.4 Å². The number of hydrogen-bond donors (Lipinski definition) is 1. The van der Waals surface area contributed by atoms with Gasteiger partial charge in [-0.3, -0.25) is 0 Å². The minimum Gasteiger partial charge on any atom is -0.333 e. The van der Waals surface area contributed by atoms with E-state index >= 15 is 0 Å². The lowest BCUT2D eigenvalue weighted by molar-refractivity contribution is -0.895. The van der Waals surface area contributed by atoms with Crippen LogP contribution in [0.15, 0.2) is 22.5 Å². The third-order valence-electron chi connectivity index (χ3n) is 3.69. The first-order valence-electron chi connectivity index (χ1n) is 6.59. The molecule has 3 heterocycles. The van der Waals surface area contributed by atoms with Gasteiger partial charge in [0, 0.05) is 22.4 Å². The summed E-state index contributed by atoms with van der Waals surface area (Å²) in [7, 11) is 2.20. The van der Waals surface area contributed by atoms with Crippen LogP contribution >= 0.6 is 23.1 Å². The largest absolute Gasteiger partial charge is 0.333 e. The number of quaternary nitrogens is 1. The number of aromatic nitrogens is 1. The molecule has 0 bridgehead atoms. The molecule has 102 valence electrons. The fraction of sp³-hybridized carbons (Fsp3) is 0.333. The van der Waals surface area contributed by atoms with Crippen molar-refractivity contribution in [1.82, 2.24) is 4.98 Å². The third-order valence-corrected chi connectivity index (χ3v) is 5.26. The summed E-state index contributed by atoms with van der Waals surface area (Å²) in [5.74, 6) is 0. The quantitative estimate of drug-likeness (QED) is 0.863. The van der Waals surface area contributed by atoms with E-state index in [1.54, 1.807) is 23.1 Å². The molecule has 0 fully saturated rings. The van der Waals surface area contributed by atoms with E-state index < -0.39 is 0 Å². The highest BCUT2D eigenvalue weighted by Crippen LogP contribution is 2.36. The van der Waals surface area contributed by atoms with E-state index in [1.807, 2.05) is 12.3 Å². The van der Waals surface area contributed by atoms with Crippen molar-refractivity contribution in [2.75, 3.05) is 19.8 Å². The molecular formula is C15H16N3S2+. The number of nitrogens with zero attached hydrogens (tertiary/aromatic N) is 2. The Kier molecular flexibility index (Phi) is 3.79. The number of pyridine rings is 1. The lowest BCUT2D eigenvalue weighted by Crippen LogP contribution is -3.08. The Hall–Kier alpha value is -1.35. The molecule has 0 spiro atoms. The Morgan fingerprint density at radius 1 is 1.50 bits per heavy atom. The first-order valence-corrected chi connectivity index (χ1v) is 8.70. The summed E-state index contributed by atoms with van der Waals surface area (Å²) >= 11 is 3.27. The molecule has 0 aromatic carbocycles. The van der Waals surface area contributed by atoms with Gasteiger partial charge in [-0.1, -0.05) is 6.07 Å². The molecular weight excluding hydrogens is 286 g/mol. The number of thioether (sulfide) groups is 1. The van der Waals surface area contributed by atoms with Gasteiger partial charge in [0.05, 0.1) is 24.8 Å². The van der Waals surface area contributed by atoms with E-state index in [0.29, 0.717) is 0 Å². The summed E-state index contributed by atoms with van der Waals surface area (Å²) in [5, 5.41) is 12.5. The van der Waals surface area contributed by atoms with Gasteiger partial charge in [-0.25, -0.2) is 4.98 Å². The predicted octanol–water partition coefficient (Wildman–Crippen LogP) is 1.97. The summed E-state index contributed by atoms with van der Waals surface area (Å²) in [6.45, 7) is 2.07. The minimum absolute atomic E-state index is 0.744. The maximum atomic E-state index is 9.59. The third kappa shape index (κ3) is 2.24. The number of nitriles is 1. The fourth-order valence-electron chi connectivity index (χ4n) is 2.71. The van der Waals surface area contributed by atoms with Gasteiger partial charge in [-0.05, 0) is 17.7 Å². The van der Waals surface area contributed by atoms with Crippen LogP contribution in [0.3, 0.4) is 0 Å². The zero-order valence-corrected chi connectivity index (χ0v) is 13.2. The summed E-state index contributed by atoms with van der Waals surface area (Å²) in [4.78, 5) is 7.41. The van der Waals surface area contributed by atoms with Gasteiger partial charge in [0.2, 0.25) is 0 Å². The van der Waals surface area contributed by atoms with Crippen molar-refractivity contribution in [1.29, 1.82) is 5.26 Å². The van der Waals surface area contributed by atoms with Gasteiger partial charge in [0.15, 0.2) is 0 Å². The monoisotopic (exact) mass is 302 g/mol. The van der Waals surface area contributed by atoms with Crippen molar-refractivity contribution in [2.45, 2.75) is 18.0 Å². The lowest BCUT2D eigenvalue weighted by Gasteiger charge is -2.25. The molecule has 3 rings (SSSR count). The highest BCUT2D eigenvalue weighted by Gasteiger charge is 2.26. The van der Waals surface area contributed by atoms with Crippen molar-refractivity contribution in [2.24, 2.45) is 0 Å². The van der Waals surface area contributed by atoms with E-state index in [1.165, 1.54) is 21.0 Å². The van der Waals surface area contributed by atoms with Crippen LogP contribution < -0.4 is 4.90 Å². The van der Waals surface area contributed by atoms with Crippen LogP contribution in [-0.4, -0.2) is 24.8 Å². The number of fused-ring (bicyclic) bond motifs is 1. The topological polar surface area (TPSA) is 41.1 Å². The maximum Gasteiger partial charge on any atom is 0.115 e. The first kappa shape index (κ1) is 13.6. The summed E-state index contributed by atoms with van der Waals surface area (Å²) in [5.41, 5.74) is 4.32. The van der Waals surface area contributed by atoms with Crippen LogP contribution in [0.1, 0.15) is 16.8 Å². The molecule has 0 aliphatic carbocycles.